The number of halogens is 1. The number of aliphatic imine (C=N–C) groups is 1. The van der Waals surface area contributed by atoms with Gasteiger partial charge in [-0.25, -0.2) is 14.6 Å². The van der Waals surface area contributed by atoms with E-state index in [2.05, 4.69) is 10.3 Å². The number of amides is 1. The van der Waals surface area contributed by atoms with Crippen LogP contribution in [-0.4, -0.2) is 42.0 Å². The van der Waals surface area contributed by atoms with Gasteiger partial charge in [0.2, 0.25) is 0 Å². The number of benzene rings is 1. The first kappa shape index (κ1) is 21.8. The number of nitrogens with zero attached hydrogens (tertiary/aromatic N) is 1. The molecule has 1 aromatic carbocycles. The van der Waals surface area contributed by atoms with Gasteiger partial charge in [0, 0.05) is 6.42 Å². The molecule has 1 amide bonds. The zero-order valence-electron chi connectivity index (χ0n) is 15.5. The molecule has 0 bridgehead atoms. The van der Waals surface area contributed by atoms with Gasteiger partial charge in [0.1, 0.15) is 17.5 Å². The lowest BCUT2D eigenvalue weighted by atomic mass is 10.1. The first-order valence-electron chi connectivity index (χ1n) is 8.28. The van der Waals surface area contributed by atoms with E-state index in [1.165, 1.54) is 0 Å². The average Bonchev–Trinajstić information content (AvgIpc) is 2.54. The van der Waals surface area contributed by atoms with E-state index < -0.39 is 23.7 Å². The summed E-state index contributed by atoms with van der Waals surface area (Å²) in [5, 5.41) is 2.56. The molecule has 0 aliphatic carbocycles. The second-order valence-corrected chi connectivity index (χ2v) is 6.83. The predicted molar refractivity (Wildman–Crippen MR) is 102 cm³/mol. The van der Waals surface area contributed by atoms with E-state index in [1.807, 2.05) is 0 Å². The van der Waals surface area contributed by atoms with Crippen molar-refractivity contribution in [2.45, 2.75) is 45.8 Å². The molecule has 0 fully saturated rings. The van der Waals surface area contributed by atoms with Crippen LogP contribution in [0.4, 0.5) is 10.5 Å². The van der Waals surface area contributed by atoms with Gasteiger partial charge in [-0.1, -0.05) is 12.1 Å². The Hall–Kier alpha value is -2.28. The molecule has 0 spiro atoms. The van der Waals surface area contributed by atoms with Gasteiger partial charge in [-0.15, -0.1) is 11.6 Å². The van der Waals surface area contributed by atoms with Gasteiger partial charge in [-0.3, -0.25) is 0 Å². The molecule has 0 saturated carbocycles. The minimum Gasteiger partial charge on any atom is -0.464 e. The van der Waals surface area contributed by atoms with Crippen molar-refractivity contribution in [1.29, 1.82) is 0 Å². The number of carbonyl (C=O) groups excluding carboxylic acids is 2. The van der Waals surface area contributed by atoms with Crippen LogP contribution in [0.2, 0.25) is 0 Å². The van der Waals surface area contributed by atoms with Crippen LogP contribution in [-0.2, 0) is 20.7 Å². The van der Waals surface area contributed by atoms with E-state index >= 15 is 0 Å². The smallest absolute Gasteiger partial charge is 0.408 e. The minimum absolute atomic E-state index is 0.145. The summed E-state index contributed by atoms with van der Waals surface area (Å²) in [6.07, 6.45) is -0.417. The van der Waals surface area contributed by atoms with Gasteiger partial charge >= 0.3 is 12.1 Å². The van der Waals surface area contributed by atoms with Crippen LogP contribution in [0.1, 0.15) is 33.3 Å². The largest absolute Gasteiger partial charge is 0.464 e. The van der Waals surface area contributed by atoms with Crippen molar-refractivity contribution < 1.29 is 19.1 Å². The molecule has 3 N–H and O–H groups in total. The van der Waals surface area contributed by atoms with Crippen molar-refractivity contribution in [3.8, 4) is 0 Å². The molecule has 1 aromatic rings. The van der Waals surface area contributed by atoms with Gasteiger partial charge in [-0.2, -0.15) is 0 Å². The highest BCUT2D eigenvalue weighted by Crippen LogP contribution is 2.15. The van der Waals surface area contributed by atoms with Crippen molar-refractivity contribution in [3.63, 3.8) is 0 Å². The lowest BCUT2D eigenvalue weighted by molar-refractivity contribution is -0.145. The molecule has 1 atom stereocenters. The maximum Gasteiger partial charge on any atom is 0.408 e. The fourth-order valence-corrected chi connectivity index (χ4v) is 2.08. The SMILES string of the molecule is CCOC(=O)C(Cc1ccc(N=C(N)CCl)cc1)NC(=O)OC(C)(C)C. The fraction of sp³-hybridized carbons (Fsp3) is 0.500. The van der Waals surface area contributed by atoms with Crippen LogP contribution in [0, 0.1) is 0 Å². The summed E-state index contributed by atoms with van der Waals surface area (Å²) in [5.41, 5.74) is 6.41. The molecule has 8 heteroatoms. The van der Waals surface area contributed by atoms with Crippen molar-refractivity contribution in [2.75, 3.05) is 12.5 Å². The molecule has 0 saturated heterocycles. The number of hydrogen-bond donors (Lipinski definition) is 2. The predicted octanol–water partition coefficient (Wildman–Crippen LogP) is 2.91. The topological polar surface area (TPSA) is 103 Å². The zero-order chi connectivity index (χ0) is 19.7. The van der Waals surface area contributed by atoms with Crippen molar-refractivity contribution in [2.24, 2.45) is 10.7 Å². The van der Waals surface area contributed by atoms with E-state index in [0.717, 1.165) is 5.56 Å². The van der Waals surface area contributed by atoms with E-state index in [1.54, 1.807) is 52.0 Å². The summed E-state index contributed by atoms with van der Waals surface area (Å²) in [4.78, 5) is 28.3. The van der Waals surface area contributed by atoms with E-state index in [4.69, 9.17) is 26.8 Å². The first-order valence-corrected chi connectivity index (χ1v) is 8.82. The molecular weight excluding hydrogens is 358 g/mol. The normalized spacial score (nSPS) is 13.0. The fourth-order valence-electron chi connectivity index (χ4n) is 2.02. The number of nitrogens with one attached hydrogen (secondary N) is 1. The molecule has 0 aromatic heterocycles. The number of ether oxygens (including phenoxy) is 2. The summed E-state index contributed by atoms with van der Waals surface area (Å²) >= 11 is 5.60. The maximum atomic E-state index is 12.2. The highest BCUT2D eigenvalue weighted by atomic mass is 35.5. The summed E-state index contributed by atoms with van der Waals surface area (Å²) in [5.74, 6) is -0.0609. The number of hydrogen-bond acceptors (Lipinski definition) is 5. The lowest BCUT2D eigenvalue weighted by Crippen LogP contribution is -2.45. The number of esters is 1. The summed E-state index contributed by atoms with van der Waals surface area (Å²) in [6.45, 7) is 7.17. The van der Waals surface area contributed by atoms with Gasteiger partial charge in [0.15, 0.2) is 0 Å². The molecule has 0 heterocycles. The molecule has 1 rings (SSSR count). The Morgan fingerprint density at radius 1 is 1.27 bits per heavy atom. The van der Waals surface area contributed by atoms with Crippen molar-refractivity contribution >= 4 is 35.2 Å². The molecule has 0 aliphatic rings. The second-order valence-electron chi connectivity index (χ2n) is 6.56. The number of rotatable bonds is 7. The third kappa shape index (κ3) is 8.20. The Labute approximate surface area is 158 Å². The Morgan fingerprint density at radius 3 is 2.38 bits per heavy atom. The first-order chi connectivity index (χ1) is 12.1. The van der Waals surface area contributed by atoms with E-state index in [9.17, 15) is 9.59 Å². The van der Waals surface area contributed by atoms with Crippen LogP contribution < -0.4 is 11.1 Å². The van der Waals surface area contributed by atoms with Gasteiger partial charge in [0.25, 0.3) is 0 Å². The Morgan fingerprint density at radius 2 is 1.88 bits per heavy atom. The third-order valence-electron chi connectivity index (χ3n) is 3.05. The molecule has 7 nitrogen and oxygen atoms in total. The molecule has 144 valence electrons. The van der Waals surface area contributed by atoms with Crippen molar-refractivity contribution in [3.05, 3.63) is 29.8 Å². The second kappa shape index (κ2) is 10.0. The minimum atomic E-state index is -0.855. The van der Waals surface area contributed by atoms with Gasteiger partial charge in [0.05, 0.1) is 18.2 Å². The molecule has 26 heavy (non-hydrogen) atoms. The number of alkyl carbamates (subject to hydrolysis) is 1. The Balaban J connectivity index is 2.85. The van der Waals surface area contributed by atoms with Crippen LogP contribution in [0.5, 0.6) is 0 Å². The number of alkyl halides is 1. The van der Waals surface area contributed by atoms with Crippen LogP contribution in [0.25, 0.3) is 0 Å². The van der Waals surface area contributed by atoms with Crippen LogP contribution in [0.15, 0.2) is 29.3 Å². The van der Waals surface area contributed by atoms with Gasteiger partial charge < -0.3 is 20.5 Å². The van der Waals surface area contributed by atoms with Crippen molar-refractivity contribution in [1.82, 2.24) is 5.32 Å². The number of amidine groups is 1. The number of nitrogens with two attached hydrogens (primary N) is 1. The average molecular weight is 384 g/mol. The van der Waals surface area contributed by atoms with Crippen LogP contribution >= 0.6 is 11.6 Å². The molecule has 0 aliphatic heterocycles. The zero-order valence-corrected chi connectivity index (χ0v) is 16.3. The summed E-state index contributed by atoms with van der Waals surface area (Å²) in [7, 11) is 0. The highest BCUT2D eigenvalue weighted by molar-refractivity contribution is 6.28. The molecule has 0 radical (unpaired) electrons. The maximum absolute atomic E-state index is 12.2. The van der Waals surface area contributed by atoms with E-state index in [-0.39, 0.29) is 18.9 Å². The Kier molecular flexibility index (Phi) is 8.38. The Bertz CT molecular complexity index is 639. The summed E-state index contributed by atoms with van der Waals surface area (Å²) in [6, 6.07) is 6.24. The third-order valence-corrected chi connectivity index (χ3v) is 3.32. The van der Waals surface area contributed by atoms with E-state index in [0.29, 0.717) is 11.5 Å². The standard InChI is InChI=1S/C18H26ClN3O4/c1-5-25-16(23)14(22-17(24)26-18(2,3)4)10-12-6-8-13(9-7-12)21-15(20)11-19/h6-9,14H,5,10-11H2,1-4H3,(H2,20,21)(H,22,24). The lowest BCUT2D eigenvalue weighted by Gasteiger charge is -2.23. The van der Waals surface area contributed by atoms with Crippen LogP contribution in [0.3, 0.4) is 0 Å². The molecular formula is C18H26ClN3O4. The molecule has 1 unspecified atom stereocenters. The van der Waals surface area contributed by atoms with Gasteiger partial charge in [-0.05, 0) is 45.4 Å². The number of carbonyl (C=O) groups is 2. The quantitative estimate of drug-likeness (QED) is 0.326. The monoisotopic (exact) mass is 383 g/mol. The highest BCUT2D eigenvalue weighted by Gasteiger charge is 2.25. The summed E-state index contributed by atoms with van der Waals surface area (Å²) < 4.78 is 10.2.